The molecule has 0 aliphatic carbocycles. The van der Waals surface area contributed by atoms with E-state index in [1.165, 1.54) is 23.9 Å². The first-order valence-electron chi connectivity index (χ1n) is 7.53. The second-order valence-electron chi connectivity index (χ2n) is 5.33. The van der Waals surface area contributed by atoms with Gasteiger partial charge < -0.3 is 10.1 Å². The maximum Gasteiger partial charge on any atom is 0.230 e. The second kappa shape index (κ2) is 8.48. The molecule has 1 aliphatic heterocycles. The molecule has 1 aromatic carbocycles. The van der Waals surface area contributed by atoms with Crippen LogP contribution in [0.5, 0.6) is 0 Å². The summed E-state index contributed by atoms with van der Waals surface area (Å²) in [5.74, 6) is -0.910. The summed E-state index contributed by atoms with van der Waals surface area (Å²) in [4.78, 5) is 12.0. The van der Waals surface area contributed by atoms with Crippen LogP contribution in [0.3, 0.4) is 0 Å². The van der Waals surface area contributed by atoms with Gasteiger partial charge in [-0.15, -0.1) is 11.8 Å². The minimum atomic E-state index is -0.585. The Labute approximate surface area is 133 Å². The standard InChI is InChI=1S/C16H21F2NO2S/c1-2-15(13-4-3-11(17)9-14(13)18)22-10-16(20)19-12-5-7-21-8-6-12/h3-4,9,12,15H,2,5-8,10H2,1H3,(H,19,20)/t15-/m1/s1. The zero-order chi connectivity index (χ0) is 15.9. The van der Waals surface area contributed by atoms with E-state index in [1.54, 1.807) is 0 Å². The van der Waals surface area contributed by atoms with E-state index in [4.69, 9.17) is 4.74 Å². The van der Waals surface area contributed by atoms with E-state index in [0.717, 1.165) is 18.9 Å². The third-order valence-electron chi connectivity index (χ3n) is 3.68. The van der Waals surface area contributed by atoms with Gasteiger partial charge in [-0.25, -0.2) is 8.78 Å². The van der Waals surface area contributed by atoms with Gasteiger partial charge in [-0.3, -0.25) is 4.79 Å². The Morgan fingerprint density at radius 3 is 2.77 bits per heavy atom. The summed E-state index contributed by atoms with van der Waals surface area (Å²) >= 11 is 1.39. The highest BCUT2D eigenvalue weighted by molar-refractivity contribution is 8.00. The first-order valence-corrected chi connectivity index (χ1v) is 8.58. The summed E-state index contributed by atoms with van der Waals surface area (Å²) in [6.45, 7) is 3.28. The monoisotopic (exact) mass is 329 g/mol. The molecular formula is C16H21F2NO2S. The molecule has 0 radical (unpaired) electrons. The molecule has 22 heavy (non-hydrogen) atoms. The number of amides is 1. The number of hydrogen-bond acceptors (Lipinski definition) is 3. The summed E-state index contributed by atoms with van der Waals surface area (Å²) in [5, 5.41) is 2.83. The molecule has 1 heterocycles. The van der Waals surface area contributed by atoms with Gasteiger partial charge in [-0.2, -0.15) is 0 Å². The average molecular weight is 329 g/mol. The Morgan fingerprint density at radius 2 is 2.14 bits per heavy atom. The van der Waals surface area contributed by atoms with Crippen LogP contribution in [0.4, 0.5) is 8.78 Å². The van der Waals surface area contributed by atoms with Crippen LogP contribution < -0.4 is 5.32 Å². The van der Waals surface area contributed by atoms with Crippen molar-refractivity contribution in [2.45, 2.75) is 37.5 Å². The number of rotatable bonds is 6. The number of hydrogen-bond donors (Lipinski definition) is 1. The number of benzene rings is 1. The van der Waals surface area contributed by atoms with E-state index in [2.05, 4.69) is 5.32 Å². The van der Waals surface area contributed by atoms with Crippen molar-refractivity contribution in [3.8, 4) is 0 Å². The van der Waals surface area contributed by atoms with Gasteiger partial charge in [-0.05, 0) is 25.3 Å². The quantitative estimate of drug-likeness (QED) is 0.869. The normalized spacial score (nSPS) is 17.2. The number of thioether (sulfide) groups is 1. The molecule has 1 N–H and O–H groups in total. The van der Waals surface area contributed by atoms with Crippen LogP contribution >= 0.6 is 11.8 Å². The molecule has 122 valence electrons. The SMILES string of the molecule is CC[C@@H](SCC(=O)NC1CCOCC1)c1ccc(F)cc1F. The topological polar surface area (TPSA) is 38.3 Å². The Hall–Kier alpha value is -1.14. The molecular weight excluding hydrogens is 308 g/mol. The fraction of sp³-hybridized carbons (Fsp3) is 0.562. The fourth-order valence-electron chi connectivity index (χ4n) is 2.48. The summed E-state index contributed by atoms with van der Waals surface area (Å²) in [6.07, 6.45) is 2.35. The molecule has 1 saturated heterocycles. The Bertz CT molecular complexity index is 507. The molecule has 0 bridgehead atoms. The molecule has 2 rings (SSSR count). The van der Waals surface area contributed by atoms with E-state index in [1.807, 2.05) is 6.92 Å². The first kappa shape index (κ1) is 17.2. The van der Waals surface area contributed by atoms with Gasteiger partial charge in [0.1, 0.15) is 11.6 Å². The Kier molecular flexibility index (Phi) is 6.64. The highest BCUT2D eigenvalue weighted by atomic mass is 32.2. The van der Waals surface area contributed by atoms with Crippen molar-refractivity contribution < 1.29 is 18.3 Å². The number of carbonyl (C=O) groups excluding carboxylic acids is 1. The van der Waals surface area contributed by atoms with Crippen molar-refractivity contribution in [3.63, 3.8) is 0 Å². The van der Waals surface area contributed by atoms with Crippen LogP contribution in [0.1, 0.15) is 37.0 Å². The first-order chi connectivity index (χ1) is 10.6. The lowest BCUT2D eigenvalue weighted by atomic mass is 10.1. The van der Waals surface area contributed by atoms with Gasteiger partial charge in [0.2, 0.25) is 5.91 Å². The smallest absolute Gasteiger partial charge is 0.230 e. The third kappa shape index (κ3) is 4.95. The maximum absolute atomic E-state index is 13.8. The molecule has 1 fully saturated rings. The van der Waals surface area contributed by atoms with Crippen LogP contribution in [0, 0.1) is 11.6 Å². The lowest BCUT2D eigenvalue weighted by Crippen LogP contribution is -2.39. The van der Waals surface area contributed by atoms with Crippen molar-refractivity contribution in [3.05, 3.63) is 35.4 Å². The van der Waals surface area contributed by atoms with Crippen molar-refractivity contribution in [2.75, 3.05) is 19.0 Å². The zero-order valence-electron chi connectivity index (χ0n) is 12.6. The maximum atomic E-state index is 13.8. The van der Waals surface area contributed by atoms with Gasteiger partial charge in [0.25, 0.3) is 0 Å². The molecule has 0 saturated carbocycles. The minimum absolute atomic E-state index is 0.0436. The van der Waals surface area contributed by atoms with Gasteiger partial charge in [0, 0.05) is 36.1 Å². The Balaban J connectivity index is 1.86. The van der Waals surface area contributed by atoms with E-state index >= 15 is 0 Å². The van der Waals surface area contributed by atoms with Crippen molar-refractivity contribution in [1.29, 1.82) is 0 Å². The van der Waals surface area contributed by atoms with Gasteiger partial charge >= 0.3 is 0 Å². The van der Waals surface area contributed by atoms with Crippen LogP contribution in [-0.2, 0) is 9.53 Å². The average Bonchev–Trinajstić information content (AvgIpc) is 2.50. The van der Waals surface area contributed by atoms with E-state index < -0.39 is 11.6 Å². The van der Waals surface area contributed by atoms with E-state index in [0.29, 0.717) is 25.2 Å². The van der Waals surface area contributed by atoms with Gasteiger partial charge in [-0.1, -0.05) is 13.0 Å². The summed E-state index contributed by atoms with van der Waals surface area (Å²) in [5.41, 5.74) is 0.452. The Morgan fingerprint density at radius 1 is 1.41 bits per heavy atom. The third-order valence-corrected chi connectivity index (χ3v) is 5.10. The minimum Gasteiger partial charge on any atom is -0.381 e. The number of ether oxygens (including phenoxy) is 1. The largest absolute Gasteiger partial charge is 0.381 e. The van der Waals surface area contributed by atoms with E-state index in [9.17, 15) is 13.6 Å². The fourth-order valence-corrected chi connectivity index (χ4v) is 3.52. The summed E-state index contributed by atoms with van der Waals surface area (Å²) in [7, 11) is 0. The predicted molar refractivity (Wildman–Crippen MR) is 83.8 cm³/mol. The van der Waals surface area contributed by atoms with Crippen molar-refractivity contribution in [1.82, 2.24) is 5.32 Å². The number of nitrogens with one attached hydrogen (secondary N) is 1. The highest BCUT2D eigenvalue weighted by Crippen LogP contribution is 2.33. The van der Waals surface area contributed by atoms with Crippen LogP contribution in [0.15, 0.2) is 18.2 Å². The van der Waals surface area contributed by atoms with Crippen molar-refractivity contribution >= 4 is 17.7 Å². The summed E-state index contributed by atoms with van der Waals surface area (Å²) in [6, 6.07) is 3.77. The van der Waals surface area contributed by atoms with Crippen LogP contribution in [-0.4, -0.2) is 30.9 Å². The lowest BCUT2D eigenvalue weighted by molar-refractivity contribution is -0.119. The summed E-state index contributed by atoms with van der Waals surface area (Å²) < 4.78 is 32.0. The molecule has 6 heteroatoms. The lowest BCUT2D eigenvalue weighted by Gasteiger charge is -2.23. The number of halogens is 2. The van der Waals surface area contributed by atoms with Gasteiger partial charge in [0.15, 0.2) is 0 Å². The van der Waals surface area contributed by atoms with Gasteiger partial charge in [0.05, 0.1) is 5.75 Å². The second-order valence-corrected chi connectivity index (χ2v) is 6.52. The predicted octanol–water partition coefficient (Wildman–Crippen LogP) is 3.44. The highest BCUT2D eigenvalue weighted by Gasteiger charge is 2.19. The molecule has 1 aliphatic rings. The molecule has 0 spiro atoms. The molecule has 0 aromatic heterocycles. The van der Waals surface area contributed by atoms with Crippen LogP contribution in [0.2, 0.25) is 0 Å². The molecule has 1 amide bonds. The molecule has 1 atom stereocenters. The van der Waals surface area contributed by atoms with E-state index in [-0.39, 0.29) is 23.0 Å². The zero-order valence-corrected chi connectivity index (χ0v) is 13.4. The molecule has 1 aromatic rings. The van der Waals surface area contributed by atoms with Crippen LogP contribution in [0.25, 0.3) is 0 Å². The molecule has 0 unspecified atom stereocenters. The number of carbonyl (C=O) groups is 1. The molecule has 3 nitrogen and oxygen atoms in total. The van der Waals surface area contributed by atoms with Crippen molar-refractivity contribution in [2.24, 2.45) is 0 Å².